The molecular weight excluding hydrogens is 264 g/mol. The molecular formula is C17H36O2Si. The molecule has 120 valence electrons. The van der Waals surface area contributed by atoms with Gasteiger partial charge in [-0.25, -0.2) is 0 Å². The Morgan fingerprint density at radius 1 is 0.800 bits per heavy atom. The number of aliphatic hydroxyl groups excluding tert-OH is 1. The van der Waals surface area contributed by atoms with Gasteiger partial charge in [0.15, 0.2) is 0 Å². The van der Waals surface area contributed by atoms with Crippen molar-refractivity contribution in [3.8, 4) is 0 Å². The molecule has 0 aliphatic heterocycles. The zero-order chi connectivity index (χ0) is 15.3. The predicted molar refractivity (Wildman–Crippen MR) is 89.6 cm³/mol. The van der Waals surface area contributed by atoms with E-state index < -0.39 is 8.32 Å². The molecule has 1 rings (SSSR count). The molecule has 0 heterocycles. The first kappa shape index (κ1) is 18.2. The second kappa shape index (κ2) is 7.95. The van der Waals surface area contributed by atoms with Crippen LogP contribution in [0.4, 0.5) is 0 Å². The minimum atomic E-state index is -1.86. The van der Waals surface area contributed by atoms with Crippen LogP contribution in [0.15, 0.2) is 0 Å². The molecule has 2 nitrogen and oxygen atoms in total. The third-order valence-corrected chi connectivity index (χ3v) is 11.4. The molecule has 1 N–H and O–H groups in total. The molecule has 1 saturated carbocycles. The SMILES string of the molecule is CC(C)[Si](O[C@@H]1CCCCCC[C@@H]1O)(C(C)C)C(C)C. The fourth-order valence-corrected chi connectivity index (χ4v) is 9.85. The van der Waals surface area contributed by atoms with Gasteiger partial charge in [-0.1, -0.05) is 67.2 Å². The van der Waals surface area contributed by atoms with E-state index in [1.165, 1.54) is 19.3 Å². The summed E-state index contributed by atoms with van der Waals surface area (Å²) < 4.78 is 6.80. The van der Waals surface area contributed by atoms with Crippen molar-refractivity contribution in [3.63, 3.8) is 0 Å². The summed E-state index contributed by atoms with van der Waals surface area (Å²) in [5.41, 5.74) is 1.79. The van der Waals surface area contributed by atoms with Gasteiger partial charge in [0.2, 0.25) is 8.32 Å². The number of rotatable bonds is 5. The minimum Gasteiger partial charge on any atom is -0.411 e. The third-order valence-electron chi connectivity index (χ3n) is 5.23. The Labute approximate surface area is 127 Å². The Kier molecular flexibility index (Phi) is 7.23. The second-order valence-electron chi connectivity index (χ2n) is 7.53. The molecule has 0 bridgehead atoms. The van der Waals surface area contributed by atoms with E-state index in [1.807, 2.05) is 0 Å². The maximum Gasteiger partial charge on any atom is 0.200 e. The van der Waals surface area contributed by atoms with E-state index in [0.717, 1.165) is 19.3 Å². The van der Waals surface area contributed by atoms with Crippen LogP contribution in [0.2, 0.25) is 16.6 Å². The van der Waals surface area contributed by atoms with Crippen molar-refractivity contribution in [2.75, 3.05) is 0 Å². The Morgan fingerprint density at radius 3 is 1.70 bits per heavy atom. The highest BCUT2D eigenvalue weighted by Crippen LogP contribution is 2.44. The monoisotopic (exact) mass is 300 g/mol. The van der Waals surface area contributed by atoms with E-state index >= 15 is 0 Å². The maximum absolute atomic E-state index is 10.5. The lowest BCUT2D eigenvalue weighted by molar-refractivity contribution is 0.00836. The van der Waals surface area contributed by atoms with Crippen LogP contribution in [0.3, 0.4) is 0 Å². The summed E-state index contributed by atoms with van der Waals surface area (Å²) in [6, 6.07) is 0. The van der Waals surface area contributed by atoms with Gasteiger partial charge >= 0.3 is 0 Å². The van der Waals surface area contributed by atoms with E-state index in [1.54, 1.807) is 0 Å². The molecule has 1 aliphatic carbocycles. The normalized spacial score (nSPS) is 26.1. The lowest BCUT2D eigenvalue weighted by Crippen LogP contribution is -2.52. The van der Waals surface area contributed by atoms with Crippen LogP contribution >= 0.6 is 0 Å². The van der Waals surface area contributed by atoms with E-state index in [9.17, 15) is 5.11 Å². The number of hydrogen-bond acceptors (Lipinski definition) is 2. The van der Waals surface area contributed by atoms with E-state index in [0.29, 0.717) is 16.6 Å². The Morgan fingerprint density at radius 2 is 1.25 bits per heavy atom. The molecule has 20 heavy (non-hydrogen) atoms. The van der Waals surface area contributed by atoms with Crippen molar-refractivity contribution in [3.05, 3.63) is 0 Å². The second-order valence-corrected chi connectivity index (χ2v) is 12.9. The van der Waals surface area contributed by atoms with Crippen molar-refractivity contribution in [2.45, 2.75) is 109 Å². The van der Waals surface area contributed by atoms with Crippen LogP contribution in [-0.4, -0.2) is 25.6 Å². The van der Waals surface area contributed by atoms with Crippen molar-refractivity contribution in [2.24, 2.45) is 0 Å². The molecule has 2 atom stereocenters. The summed E-state index contributed by atoms with van der Waals surface area (Å²) in [6.45, 7) is 13.9. The summed E-state index contributed by atoms with van der Waals surface area (Å²) in [6.07, 6.45) is 6.72. The van der Waals surface area contributed by atoms with Gasteiger partial charge in [0.25, 0.3) is 0 Å². The highest BCUT2D eigenvalue weighted by molar-refractivity contribution is 6.77. The van der Waals surface area contributed by atoms with Crippen LogP contribution in [0, 0.1) is 0 Å². The summed E-state index contributed by atoms with van der Waals surface area (Å²) in [4.78, 5) is 0. The highest BCUT2D eigenvalue weighted by Gasteiger charge is 2.47. The topological polar surface area (TPSA) is 29.5 Å². The Bertz CT molecular complexity index is 254. The fraction of sp³-hybridized carbons (Fsp3) is 1.00. The number of aliphatic hydroxyl groups is 1. The summed E-state index contributed by atoms with van der Waals surface area (Å²) in [5, 5.41) is 10.5. The lowest BCUT2D eigenvalue weighted by Gasteiger charge is -2.46. The van der Waals surface area contributed by atoms with E-state index in [2.05, 4.69) is 41.5 Å². The molecule has 0 aromatic carbocycles. The van der Waals surface area contributed by atoms with Gasteiger partial charge in [0.1, 0.15) is 0 Å². The molecule has 0 unspecified atom stereocenters. The highest BCUT2D eigenvalue weighted by atomic mass is 28.4. The molecule has 0 radical (unpaired) electrons. The van der Waals surface area contributed by atoms with E-state index in [-0.39, 0.29) is 12.2 Å². The average Bonchev–Trinajstić information content (AvgIpc) is 2.32. The van der Waals surface area contributed by atoms with Gasteiger partial charge in [0, 0.05) is 0 Å². The first-order valence-corrected chi connectivity index (χ1v) is 10.8. The van der Waals surface area contributed by atoms with Gasteiger partial charge in [-0.2, -0.15) is 0 Å². The number of hydrogen-bond donors (Lipinski definition) is 1. The molecule has 1 fully saturated rings. The smallest absolute Gasteiger partial charge is 0.200 e. The summed E-state index contributed by atoms with van der Waals surface area (Å²) >= 11 is 0. The van der Waals surface area contributed by atoms with Gasteiger partial charge in [-0.05, 0) is 29.5 Å². The lowest BCUT2D eigenvalue weighted by atomic mass is 9.96. The molecule has 0 aromatic heterocycles. The van der Waals surface area contributed by atoms with Crippen molar-refractivity contribution in [1.29, 1.82) is 0 Å². The zero-order valence-electron chi connectivity index (χ0n) is 14.5. The Balaban J connectivity index is 2.91. The molecule has 0 amide bonds. The first-order valence-electron chi connectivity index (χ1n) is 8.68. The van der Waals surface area contributed by atoms with Gasteiger partial charge in [-0.15, -0.1) is 0 Å². The molecule has 0 saturated heterocycles. The molecule has 3 heteroatoms. The van der Waals surface area contributed by atoms with E-state index in [4.69, 9.17) is 4.43 Å². The van der Waals surface area contributed by atoms with Gasteiger partial charge in [0.05, 0.1) is 12.2 Å². The van der Waals surface area contributed by atoms with Gasteiger partial charge < -0.3 is 9.53 Å². The summed E-state index contributed by atoms with van der Waals surface area (Å²) in [5.74, 6) is 0. The Hall–Kier alpha value is 0.137. The van der Waals surface area contributed by atoms with Crippen LogP contribution in [0.1, 0.15) is 80.1 Å². The minimum absolute atomic E-state index is 0.0779. The van der Waals surface area contributed by atoms with Crippen molar-refractivity contribution < 1.29 is 9.53 Å². The standard InChI is InChI=1S/C17H36O2Si/c1-13(2)20(14(3)4,15(5)6)19-17-12-10-8-7-9-11-16(17)18/h13-18H,7-12H2,1-6H3/t16-,17+/m0/s1. The first-order chi connectivity index (χ1) is 9.32. The maximum atomic E-state index is 10.5. The predicted octanol–water partition coefficient (Wildman–Crippen LogP) is 5.26. The zero-order valence-corrected chi connectivity index (χ0v) is 15.5. The summed E-state index contributed by atoms with van der Waals surface area (Å²) in [7, 11) is -1.86. The third kappa shape index (κ3) is 4.08. The molecule has 1 aliphatic rings. The van der Waals surface area contributed by atoms with Gasteiger partial charge in [-0.3, -0.25) is 0 Å². The fourth-order valence-electron chi connectivity index (χ4n) is 4.24. The van der Waals surface area contributed by atoms with Crippen molar-refractivity contribution in [1.82, 2.24) is 0 Å². The molecule has 0 spiro atoms. The quantitative estimate of drug-likeness (QED) is 0.702. The van der Waals surface area contributed by atoms with Crippen molar-refractivity contribution >= 4 is 8.32 Å². The van der Waals surface area contributed by atoms with Crippen LogP contribution in [0.25, 0.3) is 0 Å². The largest absolute Gasteiger partial charge is 0.411 e. The van der Waals surface area contributed by atoms with Crippen LogP contribution in [-0.2, 0) is 4.43 Å². The average molecular weight is 301 g/mol. The van der Waals surface area contributed by atoms with Crippen LogP contribution in [0.5, 0.6) is 0 Å². The molecule has 0 aromatic rings. The van der Waals surface area contributed by atoms with Crippen LogP contribution < -0.4 is 0 Å².